The summed E-state index contributed by atoms with van der Waals surface area (Å²) < 4.78 is 2.00. The van der Waals surface area contributed by atoms with Crippen molar-refractivity contribution in [2.75, 3.05) is 6.54 Å². The Morgan fingerprint density at radius 3 is 3.19 bits per heavy atom. The fraction of sp³-hybridized carbons (Fsp3) is 0.455. The zero-order valence-corrected chi connectivity index (χ0v) is 9.48. The Kier molecular flexibility index (Phi) is 3.71. The SMILES string of the molecule is CCn1nccc1CNCCc1cnc[nH]1. The summed E-state index contributed by atoms with van der Waals surface area (Å²) in [4.78, 5) is 7.07. The van der Waals surface area contributed by atoms with E-state index in [1.807, 2.05) is 23.1 Å². The zero-order valence-electron chi connectivity index (χ0n) is 9.48. The van der Waals surface area contributed by atoms with Gasteiger partial charge in [-0.05, 0) is 13.0 Å². The summed E-state index contributed by atoms with van der Waals surface area (Å²) in [6.45, 7) is 4.82. The van der Waals surface area contributed by atoms with Crippen LogP contribution >= 0.6 is 0 Å². The van der Waals surface area contributed by atoms with E-state index in [0.29, 0.717) is 0 Å². The maximum Gasteiger partial charge on any atom is 0.0921 e. The van der Waals surface area contributed by atoms with Gasteiger partial charge in [0.05, 0.1) is 12.0 Å². The molecule has 0 bridgehead atoms. The van der Waals surface area contributed by atoms with Gasteiger partial charge in [0.25, 0.3) is 0 Å². The number of H-pyrrole nitrogens is 1. The molecule has 0 spiro atoms. The van der Waals surface area contributed by atoms with Crippen molar-refractivity contribution in [2.45, 2.75) is 26.4 Å². The number of rotatable bonds is 6. The van der Waals surface area contributed by atoms with Crippen LogP contribution < -0.4 is 5.32 Å². The molecule has 2 aromatic heterocycles. The molecule has 5 nitrogen and oxygen atoms in total. The van der Waals surface area contributed by atoms with Gasteiger partial charge in [0.2, 0.25) is 0 Å². The van der Waals surface area contributed by atoms with E-state index >= 15 is 0 Å². The van der Waals surface area contributed by atoms with Gasteiger partial charge in [-0.1, -0.05) is 0 Å². The number of aromatic nitrogens is 4. The summed E-state index contributed by atoms with van der Waals surface area (Å²) in [6, 6.07) is 2.05. The number of nitrogens with zero attached hydrogens (tertiary/aromatic N) is 3. The second kappa shape index (κ2) is 5.46. The Bertz CT molecular complexity index is 404. The summed E-state index contributed by atoms with van der Waals surface area (Å²) in [6.07, 6.45) is 6.38. The molecule has 86 valence electrons. The predicted octanol–water partition coefficient (Wildman–Crippen LogP) is 0.958. The molecule has 0 aliphatic rings. The highest BCUT2D eigenvalue weighted by molar-refractivity contribution is 5.00. The first-order chi connectivity index (χ1) is 7.90. The average molecular weight is 219 g/mol. The minimum Gasteiger partial charge on any atom is -0.348 e. The lowest BCUT2D eigenvalue weighted by atomic mass is 10.3. The summed E-state index contributed by atoms with van der Waals surface area (Å²) in [5, 5.41) is 7.62. The van der Waals surface area contributed by atoms with Crippen LogP contribution in [-0.4, -0.2) is 26.3 Å². The van der Waals surface area contributed by atoms with Gasteiger partial charge in [-0.3, -0.25) is 4.68 Å². The summed E-state index contributed by atoms with van der Waals surface area (Å²) in [5.74, 6) is 0. The van der Waals surface area contributed by atoms with Crippen LogP contribution in [0, 0.1) is 0 Å². The third-order valence-corrected chi connectivity index (χ3v) is 2.54. The molecule has 0 fully saturated rings. The third kappa shape index (κ3) is 2.70. The van der Waals surface area contributed by atoms with Crippen LogP contribution in [0.2, 0.25) is 0 Å². The molecular formula is C11H17N5. The lowest BCUT2D eigenvalue weighted by Gasteiger charge is -2.05. The number of nitrogens with one attached hydrogen (secondary N) is 2. The maximum atomic E-state index is 4.22. The molecule has 0 aliphatic heterocycles. The van der Waals surface area contributed by atoms with E-state index in [0.717, 1.165) is 31.7 Å². The monoisotopic (exact) mass is 219 g/mol. The molecule has 0 saturated carbocycles. The van der Waals surface area contributed by atoms with E-state index in [4.69, 9.17) is 0 Å². The van der Waals surface area contributed by atoms with Gasteiger partial charge in [0.15, 0.2) is 0 Å². The average Bonchev–Trinajstić information content (AvgIpc) is 2.95. The van der Waals surface area contributed by atoms with Crippen LogP contribution in [0.1, 0.15) is 18.3 Å². The smallest absolute Gasteiger partial charge is 0.0921 e. The van der Waals surface area contributed by atoms with E-state index in [-0.39, 0.29) is 0 Å². The van der Waals surface area contributed by atoms with Crippen molar-refractivity contribution in [2.24, 2.45) is 0 Å². The Morgan fingerprint density at radius 1 is 1.50 bits per heavy atom. The predicted molar refractivity (Wildman–Crippen MR) is 61.9 cm³/mol. The zero-order chi connectivity index (χ0) is 11.2. The molecule has 2 aromatic rings. The van der Waals surface area contributed by atoms with Crippen molar-refractivity contribution in [3.05, 3.63) is 36.2 Å². The van der Waals surface area contributed by atoms with Crippen molar-refractivity contribution in [3.8, 4) is 0 Å². The van der Waals surface area contributed by atoms with E-state index in [9.17, 15) is 0 Å². The van der Waals surface area contributed by atoms with Crippen LogP contribution in [0.4, 0.5) is 0 Å². The van der Waals surface area contributed by atoms with Gasteiger partial charge in [0, 0.05) is 44.1 Å². The van der Waals surface area contributed by atoms with Gasteiger partial charge >= 0.3 is 0 Å². The van der Waals surface area contributed by atoms with Crippen molar-refractivity contribution < 1.29 is 0 Å². The van der Waals surface area contributed by atoms with Crippen molar-refractivity contribution in [1.29, 1.82) is 0 Å². The summed E-state index contributed by atoms with van der Waals surface area (Å²) in [5.41, 5.74) is 2.39. The van der Waals surface area contributed by atoms with Gasteiger partial charge in [-0.15, -0.1) is 0 Å². The Morgan fingerprint density at radius 2 is 2.44 bits per heavy atom. The normalized spacial score (nSPS) is 10.8. The van der Waals surface area contributed by atoms with E-state index in [2.05, 4.69) is 27.3 Å². The molecule has 2 rings (SSSR count). The lowest BCUT2D eigenvalue weighted by molar-refractivity contribution is 0.581. The van der Waals surface area contributed by atoms with Gasteiger partial charge < -0.3 is 10.3 Å². The van der Waals surface area contributed by atoms with Crippen LogP contribution in [0.25, 0.3) is 0 Å². The van der Waals surface area contributed by atoms with Gasteiger partial charge in [0.1, 0.15) is 0 Å². The maximum absolute atomic E-state index is 4.22. The number of hydrogen-bond acceptors (Lipinski definition) is 3. The number of imidazole rings is 1. The molecule has 2 N–H and O–H groups in total. The number of hydrogen-bond donors (Lipinski definition) is 2. The van der Waals surface area contributed by atoms with Crippen molar-refractivity contribution >= 4 is 0 Å². The number of aromatic amines is 1. The van der Waals surface area contributed by atoms with Crippen molar-refractivity contribution in [1.82, 2.24) is 25.1 Å². The molecule has 2 heterocycles. The molecule has 0 atom stereocenters. The van der Waals surface area contributed by atoms with Crippen molar-refractivity contribution in [3.63, 3.8) is 0 Å². The minimum atomic E-state index is 0.863. The lowest BCUT2D eigenvalue weighted by Crippen LogP contribution is -2.19. The first-order valence-corrected chi connectivity index (χ1v) is 5.59. The molecule has 0 amide bonds. The molecule has 16 heavy (non-hydrogen) atoms. The van der Waals surface area contributed by atoms with E-state index < -0.39 is 0 Å². The standard InChI is InChI=1S/C11H17N5/c1-2-16-11(4-6-15-16)8-12-5-3-10-7-13-9-14-10/h4,6-7,9,12H,2-3,5,8H2,1H3,(H,13,14). The third-order valence-electron chi connectivity index (χ3n) is 2.54. The van der Waals surface area contributed by atoms with Gasteiger partial charge in [-0.2, -0.15) is 5.10 Å². The fourth-order valence-corrected chi connectivity index (χ4v) is 1.66. The van der Waals surface area contributed by atoms with Crippen LogP contribution in [-0.2, 0) is 19.5 Å². The fourth-order valence-electron chi connectivity index (χ4n) is 1.66. The Hall–Kier alpha value is -1.62. The molecule has 0 aromatic carbocycles. The number of aryl methyl sites for hydroxylation is 1. The van der Waals surface area contributed by atoms with Crippen LogP contribution in [0.3, 0.4) is 0 Å². The van der Waals surface area contributed by atoms with E-state index in [1.165, 1.54) is 5.69 Å². The largest absolute Gasteiger partial charge is 0.348 e. The molecule has 0 radical (unpaired) electrons. The molecule has 0 unspecified atom stereocenters. The van der Waals surface area contributed by atoms with Gasteiger partial charge in [-0.25, -0.2) is 4.98 Å². The molecule has 5 heteroatoms. The molecular weight excluding hydrogens is 202 g/mol. The summed E-state index contributed by atoms with van der Waals surface area (Å²) in [7, 11) is 0. The van der Waals surface area contributed by atoms with E-state index in [1.54, 1.807) is 6.33 Å². The second-order valence-corrected chi connectivity index (χ2v) is 3.64. The highest BCUT2D eigenvalue weighted by atomic mass is 15.3. The summed E-state index contributed by atoms with van der Waals surface area (Å²) >= 11 is 0. The quantitative estimate of drug-likeness (QED) is 0.711. The second-order valence-electron chi connectivity index (χ2n) is 3.64. The molecule has 0 saturated heterocycles. The first-order valence-electron chi connectivity index (χ1n) is 5.59. The van der Waals surface area contributed by atoms with Crippen LogP contribution in [0.5, 0.6) is 0 Å². The van der Waals surface area contributed by atoms with Crippen LogP contribution in [0.15, 0.2) is 24.8 Å². The minimum absolute atomic E-state index is 0.863. The highest BCUT2D eigenvalue weighted by Gasteiger charge is 1.99. The first kappa shape index (κ1) is 10.9. The Balaban J connectivity index is 1.72. The highest BCUT2D eigenvalue weighted by Crippen LogP contribution is 1.98. The topological polar surface area (TPSA) is 58.5 Å². The Labute approximate surface area is 94.9 Å². The molecule has 0 aliphatic carbocycles.